The Morgan fingerprint density at radius 2 is 2.00 bits per heavy atom. The zero-order valence-corrected chi connectivity index (χ0v) is 14.4. The Kier molecular flexibility index (Phi) is 3.45. The predicted molar refractivity (Wildman–Crippen MR) is 97.4 cm³/mol. The zero-order valence-electron chi connectivity index (χ0n) is 13.6. The number of benzene rings is 1. The Balaban J connectivity index is 1.38. The van der Waals surface area contributed by atoms with E-state index >= 15 is 0 Å². The molecule has 1 aliphatic carbocycles. The van der Waals surface area contributed by atoms with E-state index in [4.69, 9.17) is 9.47 Å². The quantitative estimate of drug-likeness (QED) is 0.866. The van der Waals surface area contributed by atoms with Gasteiger partial charge >= 0.3 is 0 Å². The molecular weight excluding hydrogens is 336 g/mol. The van der Waals surface area contributed by atoms with Gasteiger partial charge in [0.05, 0.1) is 5.56 Å². The summed E-state index contributed by atoms with van der Waals surface area (Å²) < 4.78 is 10.7. The van der Waals surface area contributed by atoms with Crippen molar-refractivity contribution in [3.63, 3.8) is 0 Å². The largest absolute Gasteiger partial charge is 0.454 e. The van der Waals surface area contributed by atoms with Gasteiger partial charge in [-0.1, -0.05) is 12.1 Å². The van der Waals surface area contributed by atoms with Crippen LogP contribution in [0.25, 0.3) is 6.08 Å². The molecule has 0 spiro atoms. The van der Waals surface area contributed by atoms with E-state index in [2.05, 4.69) is 10.6 Å². The fourth-order valence-electron chi connectivity index (χ4n) is 3.62. The smallest absolute Gasteiger partial charge is 0.256 e. The molecule has 0 radical (unpaired) electrons. The summed E-state index contributed by atoms with van der Waals surface area (Å²) in [5.74, 6) is 1.57. The molecule has 0 saturated heterocycles. The molecule has 6 heteroatoms. The molecule has 5 rings (SSSR count). The number of aryl methyl sites for hydroxylation is 1. The number of fused-ring (bicyclic) bond motifs is 4. The Hall–Kier alpha value is -2.47. The second-order valence-corrected chi connectivity index (χ2v) is 7.59. The number of hydrogen-bond donors (Lipinski definition) is 2. The summed E-state index contributed by atoms with van der Waals surface area (Å²) >= 11 is 1.74. The molecular formula is C19H18N2O3S. The average Bonchev–Trinajstić information content (AvgIpc) is 3.23. The van der Waals surface area contributed by atoms with E-state index in [9.17, 15) is 4.79 Å². The first kappa shape index (κ1) is 14.8. The number of thiophene rings is 1. The monoisotopic (exact) mass is 354 g/mol. The van der Waals surface area contributed by atoms with E-state index in [1.54, 1.807) is 11.3 Å². The molecule has 0 unspecified atom stereocenters. The van der Waals surface area contributed by atoms with Crippen LogP contribution in [0.4, 0.5) is 5.00 Å². The zero-order chi connectivity index (χ0) is 16.8. The highest BCUT2D eigenvalue weighted by Crippen LogP contribution is 2.40. The van der Waals surface area contributed by atoms with Gasteiger partial charge in [0, 0.05) is 4.88 Å². The number of carbonyl (C=O) groups is 1. The van der Waals surface area contributed by atoms with Crippen molar-refractivity contribution < 1.29 is 14.3 Å². The highest BCUT2D eigenvalue weighted by molar-refractivity contribution is 7.16. The van der Waals surface area contributed by atoms with Crippen molar-refractivity contribution >= 4 is 28.3 Å². The molecule has 3 aliphatic rings. The van der Waals surface area contributed by atoms with Crippen molar-refractivity contribution in [3.8, 4) is 11.5 Å². The van der Waals surface area contributed by atoms with E-state index in [0.29, 0.717) is 0 Å². The van der Waals surface area contributed by atoms with E-state index in [1.165, 1.54) is 23.3 Å². The summed E-state index contributed by atoms with van der Waals surface area (Å²) in [5, 5.41) is 7.51. The minimum atomic E-state index is -0.203. The SMILES string of the molecule is O=C1N[C@@H](/C=C\c2ccc3c(c2)OCO3)Nc2sc3c(c21)CCCC3. The van der Waals surface area contributed by atoms with Crippen LogP contribution < -0.4 is 20.1 Å². The summed E-state index contributed by atoms with van der Waals surface area (Å²) in [7, 11) is 0. The van der Waals surface area contributed by atoms with Crippen LogP contribution in [0.3, 0.4) is 0 Å². The van der Waals surface area contributed by atoms with Gasteiger partial charge in [-0.3, -0.25) is 4.79 Å². The number of carbonyl (C=O) groups excluding carboxylic acids is 1. The van der Waals surface area contributed by atoms with Gasteiger partial charge in [-0.05, 0) is 55.0 Å². The molecule has 1 aromatic heterocycles. The van der Waals surface area contributed by atoms with Crippen LogP contribution >= 0.6 is 11.3 Å². The fraction of sp³-hybridized carbons (Fsp3) is 0.316. The normalized spacial score (nSPS) is 20.8. The van der Waals surface area contributed by atoms with Crippen LogP contribution in [-0.4, -0.2) is 18.9 Å². The number of anilines is 1. The second-order valence-electron chi connectivity index (χ2n) is 6.48. The average molecular weight is 354 g/mol. The lowest BCUT2D eigenvalue weighted by Crippen LogP contribution is -2.43. The maximum atomic E-state index is 12.6. The highest BCUT2D eigenvalue weighted by Gasteiger charge is 2.30. The molecule has 2 N–H and O–H groups in total. The number of hydrogen-bond acceptors (Lipinski definition) is 5. The molecule has 25 heavy (non-hydrogen) atoms. The van der Waals surface area contributed by atoms with E-state index in [-0.39, 0.29) is 18.9 Å². The van der Waals surface area contributed by atoms with Crippen molar-refractivity contribution in [1.82, 2.24) is 5.32 Å². The van der Waals surface area contributed by atoms with Gasteiger partial charge in [-0.2, -0.15) is 0 Å². The molecule has 128 valence electrons. The molecule has 1 aromatic carbocycles. The summed E-state index contributed by atoms with van der Waals surface area (Å²) in [6.07, 6.45) is 8.27. The number of rotatable bonds is 2. The van der Waals surface area contributed by atoms with Crippen LogP contribution in [0, 0.1) is 0 Å². The third-order valence-corrected chi connectivity index (χ3v) is 6.07. The third kappa shape index (κ3) is 2.57. The van der Waals surface area contributed by atoms with Crippen LogP contribution in [-0.2, 0) is 12.8 Å². The van der Waals surface area contributed by atoms with Gasteiger partial charge in [-0.25, -0.2) is 0 Å². The maximum absolute atomic E-state index is 12.6. The van der Waals surface area contributed by atoms with E-state index in [1.807, 2.05) is 30.4 Å². The lowest BCUT2D eigenvalue weighted by molar-refractivity contribution is 0.0943. The van der Waals surface area contributed by atoms with Gasteiger partial charge in [0.25, 0.3) is 5.91 Å². The lowest BCUT2D eigenvalue weighted by Gasteiger charge is -2.24. The molecule has 2 aromatic rings. The summed E-state index contributed by atoms with van der Waals surface area (Å²) in [6, 6.07) is 5.82. The molecule has 0 fully saturated rings. The minimum Gasteiger partial charge on any atom is -0.454 e. The van der Waals surface area contributed by atoms with Gasteiger partial charge in [0.15, 0.2) is 11.5 Å². The molecule has 2 aliphatic heterocycles. The summed E-state index contributed by atoms with van der Waals surface area (Å²) in [6.45, 7) is 0.272. The second kappa shape index (κ2) is 5.81. The Morgan fingerprint density at radius 1 is 1.12 bits per heavy atom. The van der Waals surface area contributed by atoms with E-state index < -0.39 is 0 Å². The number of amides is 1. The van der Waals surface area contributed by atoms with Crippen molar-refractivity contribution in [2.45, 2.75) is 31.8 Å². The van der Waals surface area contributed by atoms with Crippen molar-refractivity contribution in [1.29, 1.82) is 0 Å². The van der Waals surface area contributed by atoms with E-state index in [0.717, 1.165) is 40.5 Å². The molecule has 5 nitrogen and oxygen atoms in total. The van der Waals surface area contributed by atoms with Gasteiger partial charge in [-0.15, -0.1) is 11.3 Å². The molecule has 0 saturated carbocycles. The predicted octanol–water partition coefficient (Wildman–Crippen LogP) is 3.55. The summed E-state index contributed by atoms with van der Waals surface area (Å²) in [4.78, 5) is 14.0. The number of nitrogens with one attached hydrogen (secondary N) is 2. The van der Waals surface area contributed by atoms with Crippen molar-refractivity contribution in [3.05, 3.63) is 45.8 Å². The summed E-state index contributed by atoms with van der Waals surface area (Å²) in [5.41, 5.74) is 3.14. The third-order valence-electron chi connectivity index (χ3n) is 4.85. The van der Waals surface area contributed by atoms with Crippen LogP contribution in [0.5, 0.6) is 11.5 Å². The topological polar surface area (TPSA) is 59.6 Å². The van der Waals surface area contributed by atoms with Crippen molar-refractivity contribution in [2.75, 3.05) is 12.1 Å². The molecule has 1 atom stereocenters. The Labute approximate surface area is 149 Å². The first-order valence-electron chi connectivity index (χ1n) is 8.58. The van der Waals surface area contributed by atoms with Gasteiger partial charge in [0.1, 0.15) is 11.2 Å². The Morgan fingerprint density at radius 3 is 2.96 bits per heavy atom. The molecule has 0 bridgehead atoms. The van der Waals surface area contributed by atoms with Crippen LogP contribution in [0.1, 0.15) is 39.2 Å². The first-order valence-corrected chi connectivity index (χ1v) is 9.39. The van der Waals surface area contributed by atoms with Crippen molar-refractivity contribution in [2.24, 2.45) is 0 Å². The standard InChI is InChI=1S/C19H18N2O3S/c22-18-17-12-3-1-2-4-15(12)25-19(17)21-16(20-18)8-6-11-5-7-13-14(9-11)24-10-23-13/h5-9,16,21H,1-4,10H2,(H,20,22)/b8-6-/t16-/m1/s1. The molecule has 3 heterocycles. The first-order chi connectivity index (χ1) is 12.3. The number of ether oxygens (including phenoxy) is 2. The fourth-order valence-corrected chi connectivity index (χ4v) is 4.94. The highest BCUT2D eigenvalue weighted by atomic mass is 32.1. The lowest BCUT2D eigenvalue weighted by atomic mass is 9.94. The molecule has 1 amide bonds. The van der Waals surface area contributed by atoms with Gasteiger partial charge in [0.2, 0.25) is 6.79 Å². The Bertz CT molecular complexity index is 887. The van der Waals surface area contributed by atoms with Gasteiger partial charge < -0.3 is 20.1 Å². The van der Waals surface area contributed by atoms with Crippen LogP contribution in [0.15, 0.2) is 24.3 Å². The van der Waals surface area contributed by atoms with Crippen LogP contribution in [0.2, 0.25) is 0 Å². The maximum Gasteiger partial charge on any atom is 0.256 e. The minimum absolute atomic E-state index is 0.0356.